The van der Waals surface area contributed by atoms with Gasteiger partial charge in [0.15, 0.2) is 11.5 Å². The molecule has 2 N–H and O–H groups in total. The van der Waals surface area contributed by atoms with Crippen molar-refractivity contribution in [2.75, 3.05) is 31.7 Å². The number of rotatable bonds is 13. The Morgan fingerprint density at radius 3 is 2.78 bits per heavy atom. The number of ether oxygens (including phenoxy) is 2. The zero-order chi connectivity index (χ0) is 26.4. The van der Waals surface area contributed by atoms with E-state index in [1.54, 1.807) is 4.68 Å². The number of hydrogen-bond acceptors (Lipinski definition) is 8. The quantitative estimate of drug-likeness (QED) is 0.185. The van der Waals surface area contributed by atoms with Crippen LogP contribution in [0, 0.1) is 6.92 Å². The molecule has 0 radical (unpaired) electrons. The summed E-state index contributed by atoms with van der Waals surface area (Å²) in [5, 5.41) is 13.3. The van der Waals surface area contributed by atoms with E-state index in [0.717, 1.165) is 34.6 Å². The maximum atomic E-state index is 12.4. The molecule has 4 aromatic heterocycles. The highest BCUT2D eigenvalue weighted by atomic mass is 32.1. The highest BCUT2D eigenvalue weighted by molar-refractivity contribution is 7.14. The number of carbonyl (C=O) groups is 1. The summed E-state index contributed by atoms with van der Waals surface area (Å²) in [5.74, 6) is 0.495. The van der Waals surface area contributed by atoms with Crippen molar-refractivity contribution in [3.63, 3.8) is 0 Å². The minimum absolute atomic E-state index is 0.129. The van der Waals surface area contributed by atoms with Gasteiger partial charge in [-0.25, -0.2) is 14.6 Å². The molecule has 0 fully saturated rings. The van der Waals surface area contributed by atoms with Gasteiger partial charge in [0.25, 0.3) is 5.91 Å². The zero-order valence-corrected chi connectivity index (χ0v) is 23.9. The van der Waals surface area contributed by atoms with E-state index in [0.29, 0.717) is 43.5 Å². The molecule has 37 heavy (non-hydrogen) atoms. The molecule has 0 aliphatic rings. The van der Waals surface area contributed by atoms with Crippen LogP contribution in [0.2, 0.25) is 25.7 Å². The summed E-state index contributed by atoms with van der Waals surface area (Å²) < 4.78 is 14.9. The van der Waals surface area contributed by atoms with E-state index in [1.807, 2.05) is 54.5 Å². The fourth-order valence-electron chi connectivity index (χ4n) is 3.63. The third-order valence-corrected chi connectivity index (χ3v) is 8.15. The molecule has 0 aliphatic heterocycles. The van der Waals surface area contributed by atoms with Crippen molar-refractivity contribution in [1.82, 2.24) is 29.5 Å². The molecule has 4 heterocycles. The van der Waals surface area contributed by atoms with Gasteiger partial charge >= 0.3 is 0 Å². The number of nitrogens with one attached hydrogen (secondary N) is 2. The van der Waals surface area contributed by atoms with E-state index in [4.69, 9.17) is 9.47 Å². The fourth-order valence-corrected chi connectivity index (χ4v) is 5.17. The van der Waals surface area contributed by atoms with Gasteiger partial charge in [-0.2, -0.15) is 5.10 Å². The van der Waals surface area contributed by atoms with Crippen LogP contribution in [0.15, 0.2) is 36.2 Å². The Labute approximate surface area is 222 Å². The zero-order valence-electron chi connectivity index (χ0n) is 22.1. The molecule has 0 bridgehead atoms. The van der Waals surface area contributed by atoms with Gasteiger partial charge < -0.3 is 20.1 Å². The number of nitrogens with zero attached hydrogens (tertiary/aromatic N) is 5. The van der Waals surface area contributed by atoms with E-state index < -0.39 is 8.07 Å². The van der Waals surface area contributed by atoms with Crippen LogP contribution < -0.4 is 10.6 Å². The lowest BCUT2D eigenvalue weighted by atomic mass is 10.3. The Kier molecular flexibility index (Phi) is 8.74. The van der Waals surface area contributed by atoms with Crippen molar-refractivity contribution in [2.45, 2.75) is 46.3 Å². The van der Waals surface area contributed by atoms with Gasteiger partial charge in [-0.15, -0.1) is 11.3 Å². The standard InChI is InChI=1S/C25H35N7O3SSi/c1-6-34-8-7-26-25(33)19-11-22(36-16-19)30-23-24-27-13-21(32(24)14-18(2)29-23)20-12-28-31(15-20)17-35-9-10-37(3,4)5/h11-16H,6-10,17H2,1-5H3,(H,26,33)(H,29,30). The Hall–Kier alpha value is -3.06. The number of hydrogen-bond donors (Lipinski definition) is 2. The first-order chi connectivity index (χ1) is 17.7. The smallest absolute Gasteiger partial charge is 0.252 e. The lowest BCUT2D eigenvalue weighted by Crippen LogP contribution is -2.26. The van der Waals surface area contributed by atoms with Crippen LogP contribution in [0.25, 0.3) is 16.9 Å². The number of imidazole rings is 1. The molecule has 12 heteroatoms. The van der Waals surface area contributed by atoms with E-state index in [-0.39, 0.29) is 5.91 Å². The minimum atomic E-state index is -1.12. The lowest BCUT2D eigenvalue weighted by molar-refractivity contribution is 0.0786. The van der Waals surface area contributed by atoms with Crippen molar-refractivity contribution in [2.24, 2.45) is 0 Å². The first-order valence-electron chi connectivity index (χ1n) is 12.4. The molecule has 4 rings (SSSR count). The molecule has 4 aromatic rings. The van der Waals surface area contributed by atoms with Crippen LogP contribution in [0.4, 0.5) is 10.8 Å². The highest BCUT2D eigenvalue weighted by Crippen LogP contribution is 2.28. The van der Waals surface area contributed by atoms with E-state index in [1.165, 1.54) is 11.3 Å². The Balaban J connectivity index is 1.46. The Morgan fingerprint density at radius 1 is 1.16 bits per heavy atom. The molecular formula is C25H35N7O3SSi. The number of fused-ring (bicyclic) bond motifs is 1. The van der Waals surface area contributed by atoms with E-state index in [2.05, 4.69) is 45.3 Å². The summed E-state index contributed by atoms with van der Waals surface area (Å²) in [4.78, 5) is 21.7. The largest absolute Gasteiger partial charge is 0.380 e. The van der Waals surface area contributed by atoms with Crippen molar-refractivity contribution >= 4 is 41.8 Å². The van der Waals surface area contributed by atoms with Crippen molar-refractivity contribution in [1.29, 1.82) is 0 Å². The third-order valence-electron chi connectivity index (χ3n) is 5.60. The molecule has 0 unspecified atom stereocenters. The van der Waals surface area contributed by atoms with Gasteiger partial charge in [0.1, 0.15) is 6.73 Å². The van der Waals surface area contributed by atoms with Crippen LogP contribution >= 0.6 is 11.3 Å². The maximum Gasteiger partial charge on any atom is 0.252 e. The van der Waals surface area contributed by atoms with Gasteiger partial charge in [0, 0.05) is 51.2 Å². The number of thiophene rings is 1. The summed E-state index contributed by atoms with van der Waals surface area (Å²) in [5.41, 5.74) is 3.98. The minimum Gasteiger partial charge on any atom is -0.380 e. The van der Waals surface area contributed by atoms with Gasteiger partial charge in [0.2, 0.25) is 0 Å². The fraction of sp³-hybridized carbons (Fsp3) is 0.440. The maximum absolute atomic E-state index is 12.4. The monoisotopic (exact) mass is 541 g/mol. The predicted molar refractivity (Wildman–Crippen MR) is 149 cm³/mol. The van der Waals surface area contributed by atoms with Gasteiger partial charge in [-0.1, -0.05) is 19.6 Å². The van der Waals surface area contributed by atoms with Crippen molar-refractivity contribution < 1.29 is 14.3 Å². The number of aryl methyl sites for hydroxylation is 1. The van der Waals surface area contributed by atoms with Gasteiger partial charge in [0.05, 0.1) is 41.0 Å². The third kappa shape index (κ3) is 7.25. The highest BCUT2D eigenvalue weighted by Gasteiger charge is 2.16. The molecule has 0 atom stereocenters. The first-order valence-corrected chi connectivity index (χ1v) is 17.0. The van der Waals surface area contributed by atoms with Crippen LogP contribution in [-0.4, -0.2) is 64.5 Å². The number of aromatic nitrogens is 5. The summed E-state index contributed by atoms with van der Waals surface area (Å²) in [7, 11) is -1.12. The molecule has 10 nitrogen and oxygen atoms in total. The second-order valence-electron chi connectivity index (χ2n) is 9.96. The molecular weight excluding hydrogens is 506 g/mol. The van der Waals surface area contributed by atoms with E-state index >= 15 is 0 Å². The summed E-state index contributed by atoms with van der Waals surface area (Å²) in [6.07, 6.45) is 7.57. The lowest BCUT2D eigenvalue weighted by Gasteiger charge is -2.15. The van der Waals surface area contributed by atoms with Crippen LogP contribution in [-0.2, 0) is 16.2 Å². The van der Waals surface area contributed by atoms with Crippen LogP contribution in [0.3, 0.4) is 0 Å². The molecule has 198 valence electrons. The van der Waals surface area contributed by atoms with Gasteiger partial charge in [-0.3, -0.25) is 9.20 Å². The van der Waals surface area contributed by atoms with Crippen LogP contribution in [0.5, 0.6) is 0 Å². The average Bonchev–Trinajstić information content (AvgIpc) is 3.58. The molecule has 0 aliphatic carbocycles. The summed E-state index contributed by atoms with van der Waals surface area (Å²) >= 11 is 1.44. The SMILES string of the molecule is CCOCCNC(=O)c1csc(Nc2nc(C)cn3c(-c4cnn(COCC[Si](C)(C)C)c4)cnc23)c1. The predicted octanol–water partition coefficient (Wildman–Crippen LogP) is 4.78. The average molecular weight is 542 g/mol. The molecule has 0 saturated heterocycles. The first kappa shape index (κ1) is 27.0. The number of carbonyl (C=O) groups excluding carboxylic acids is 1. The normalized spacial score (nSPS) is 11.8. The van der Waals surface area contributed by atoms with Crippen molar-refractivity contribution in [3.8, 4) is 11.3 Å². The molecule has 0 aromatic carbocycles. The second kappa shape index (κ2) is 12.0. The Bertz CT molecular complexity index is 1340. The summed E-state index contributed by atoms with van der Waals surface area (Å²) in [6, 6.07) is 2.94. The number of amides is 1. The molecule has 0 spiro atoms. The van der Waals surface area contributed by atoms with Crippen molar-refractivity contribution in [3.05, 3.63) is 47.5 Å². The number of anilines is 2. The topological polar surface area (TPSA) is 108 Å². The Morgan fingerprint density at radius 2 is 2.00 bits per heavy atom. The van der Waals surface area contributed by atoms with Crippen LogP contribution in [0.1, 0.15) is 23.0 Å². The second-order valence-corrected chi connectivity index (χ2v) is 16.5. The van der Waals surface area contributed by atoms with Gasteiger partial charge in [-0.05, 0) is 26.0 Å². The summed E-state index contributed by atoms with van der Waals surface area (Å²) in [6.45, 7) is 13.7. The van der Waals surface area contributed by atoms with E-state index in [9.17, 15) is 4.79 Å². The molecule has 1 amide bonds. The molecule has 0 saturated carbocycles.